The summed E-state index contributed by atoms with van der Waals surface area (Å²) < 4.78 is 127. The van der Waals surface area contributed by atoms with E-state index in [1.165, 1.54) is 24.3 Å². The van der Waals surface area contributed by atoms with Crippen LogP contribution in [0.25, 0.3) is 0 Å². The number of hydrogen-bond acceptors (Lipinski definition) is 7. The van der Waals surface area contributed by atoms with E-state index in [0.29, 0.717) is 12.1 Å². The molecule has 2 rings (SSSR count). The van der Waals surface area contributed by atoms with Gasteiger partial charge < -0.3 is 8.92 Å². The highest BCUT2D eigenvalue weighted by molar-refractivity contribution is 7.87. The molecule has 0 aliphatic heterocycles. The number of carbonyl (C=O) groups excluding carboxylic acids is 1. The van der Waals surface area contributed by atoms with Crippen LogP contribution in [0.1, 0.15) is 10.4 Å². The molecule has 0 radical (unpaired) electrons. The van der Waals surface area contributed by atoms with Crippen molar-refractivity contribution in [3.8, 4) is 5.75 Å². The van der Waals surface area contributed by atoms with Crippen molar-refractivity contribution < 1.29 is 57.1 Å². The summed E-state index contributed by atoms with van der Waals surface area (Å²) in [6.45, 7) is 0. The van der Waals surface area contributed by atoms with E-state index >= 15 is 0 Å². The van der Waals surface area contributed by atoms with E-state index < -0.39 is 49.3 Å². The third-order valence-corrected chi connectivity index (χ3v) is 5.66. The highest BCUT2D eigenvalue weighted by Crippen LogP contribution is 2.38. The molecule has 15 heteroatoms. The SMILES string of the molecule is O=C(OC(C(F)(F)F)C(F)(F)S(=O)(=O)O)c1ccc(OS(=O)(=O)c2ccccc2)cc1. The smallest absolute Gasteiger partial charge is 0.432 e. The van der Waals surface area contributed by atoms with Gasteiger partial charge in [-0.05, 0) is 36.4 Å². The molecule has 8 nitrogen and oxygen atoms in total. The first kappa shape index (κ1) is 24.5. The lowest BCUT2D eigenvalue weighted by molar-refractivity contribution is -0.248. The van der Waals surface area contributed by atoms with Gasteiger partial charge in [0.05, 0.1) is 5.56 Å². The summed E-state index contributed by atoms with van der Waals surface area (Å²) in [5, 5.41) is -5.88. The van der Waals surface area contributed by atoms with Gasteiger partial charge in [0.15, 0.2) is 0 Å². The number of rotatable bonds is 7. The van der Waals surface area contributed by atoms with Crippen LogP contribution >= 0.6 is 0 Å². The highest BCUT2D eigenvalue weighted by Gasteiger charge is 2.66. The lowest BCUT2D eigenvalue weighted by Gasteiger charge is -2.26. The number of ether oxygens (including phenoxy) is 1. The minimum Gasteiger partial charge on any atom is -0.441 e. The van der Waals surface area contributed by atoms with Gasteiger partial charge in [-0.3, -0.25) is 4.55 Å². The van der Waals surface area contributed by atoms with Crippen LogP contribution in [0, 0.1) is 0 Å². The number of alkyl halides is 5. The Kier molecular flexibility index (Phi) is 6.63. The first-order valence-electron chi connectivity index (χ1n) is 7.78. The number of carbonyl (C=O) groups is 1. The largest absolute Gasteiger partial charge is 0.441 e. The van der Waals surface area contributed by atoms with Gasteiger partial charge in [0.1, 0.15) is 10.6 Å². The zero-order chi connectivity index (χ0) is 23.7. The Balaban J connectivity index is 2.23. The first-order valence-corrected chi connectivity index (χ1v) is 10.6. The van der Waals surface area contributed by atoms with Crippen LogP contribution in [0.5, 0.6) is 5.75 Å². The molecule has 31 heavy (non-hydrogen) atoms. The van der Waals surface area contributed by atoms with Crippen molar-refractivity contribution in [2.75, 3.05) is 0 Å². The molecule has 0 spiro atoms. The molecule has 0 heterocycles. The fourth-order valence-electron chi connectivity index (χ4n) is 2.04. The number of hydrogen-bond donors (Lipinski definition) is 1. The number of benzene rings is 2. The Morgan fingerprint density at radius 2 is 1.39 bits per heavy atom. The Labute approximate surface area is 172 Å². The molecule has 1 unspecified atom stereocenters. The third kappa shape index (κ3) is 5.68. The van der Waals surface area contributed by atoms with Gasteiger partial charge in [-0.2, -0.15) is 38.8 Å². The molecule has 0 bridgehead atoms. The highest BCUT2D eigenvalue weighted by atomic mass is 32.2. The quantitative estimate of drug-likeness (QED) is 0.272. The second-order valence-corrected chi connectivity index (χ2v) is 8.78. The van der Waals surface area contributed by atoms with Crippen molar-refractivity contribution in [1.82, 2.24) is 0 Å². The second-order valence-electron chi connectivity index (χ2n) is 5.74. The molecule has 0 fully saturated rings. The Morgan fingerprint density at radius 1 is 0.871 bits per heavy atom. The molecule has 2 aromatic rings. The molecule has 170 valence electrons. The number of halogens is 5. The molecule has 0 saturated heterocycles. The van der Waals surface area contributed by atoms with E-state index in [1.54, 1.807) is 6.07 Å². The van der Waals surface area contributed by atoms with E-state index in [4.69, 9.17) is 8.74 Å². The van der Waals surface area contributed by atoms with E-state index in [-0.39, 0.29) is 10.6 Å². The van der Waals surface area contributed by atoms with Crippen LogP contribution in [0.3, 0.4) is 0 Å². The predicted octanol–water partition coefficient (Wildman–Crippen LogP) is 3.02. The summed E-state index contributed by atoms with van der Waals surface area (Å²) in [6.07, 6.45) is -10.6. The first-order chi connectivity index (χ1) is 14.1. The van der Waals surface area contributed by atoms with Crippen LogP contribution in [0.4, 0.5) is 22.0 Å². The van der Waals surface area contributed by atoms with Crippen LogP contribution in [-0.2, 0) is 25.0 Å². The topological polar surface area (TPSA) is 124 Å². The van der Waals surface area contributed by atoms with Crippen molar-refractivity contribution in [3.05, 3.63) is 60.2 Å². The van der Waals surface area contributed by atoms with Gasteiger partial charge in [0.25, 0.3) is 6.10 Å². The third-order valence-electron chi connectivity index (χ3n) is 3.50. The van der Waals surface area contributed by atoms with Gasteiger partial charge in [0.2, 0.25) is 0 Å². The fraction of sp³-hybridized carbons (Fsp3) is 0.188. The average molecular weight is 490 g/mol. The normalized spacial score (nSPS) is 14.0. The van der Waals surface area contributed by atoms with Crippen LogP contribution in [-0.4, -0.2) is 44.9 Å². The van der Waals surface area contributed by atoms with Crippen molar-refractivity contribution in [2.24, 2.45) is 0 Å². The minimum absolute atomic E-state index is 0.223. The van der Waals surface area contributed by atoms with Gasteiger partial charge in [-0.25, -0.2) is 4.79 Å². The molecule has 1 N–H and O–H groups in total. The van der Waals surface area contributed by atoms with Crippen LogP contribution in [0.15, 0.2) is 59.5 Å². The standard InChI is InChI=1S/C16H11F5O8S2/c17-15(18,19)14(16(20,21)31(25,26)27)28-13(22)10-6-8-11(9-7-10)29-30(23,24)12-4-2-1-3-5-12/h1-9,14H,(H,25,26,27). The molecule has 2 aromatic carbocycles. The molecule has 1 atom stereocenters. The molecule has 0 saturated carbocycles. The molecular formula is C16H11F5O8S2. The van der Waals surface area contributed by atoms with E-state index in [1.807, 2.05) is 0 Å². The minimum atomic E-state index is -6.58. The van der Waals surface area contributed by atoms with Crippen molar-refractivity contribution in [1.29, 1.82) is 0 Å². The molecular weight excluding hydrogens is 479 g/mol. The summed E-state index contributed by atoms with van der Waals surface area (Å²) in [7, 11) is -10.9. The Morgan fingerprint density at radius 3 is 1.84 bits per heavy atom. The molecule has 0 aromatic heterocycles. The van der Waals surface area contributed by atoms with Crippen molar-refractivity contribution in [3.63, 3.8) is 0 Å². The van der Waals surface area contributed by atoms with E-state index in [0.717, 1.165) is 12.1 Å². The Hall–Kier alpha value is -2.78. The summed E-state index contributed by atoms with van der Waals surface area (Å²) in [5.41, 5.74) is -0.773. The van der Waals surface area contributed by atoms with Crippen LogP contribution < -0.4 is 4.18 Å². The average Bonchev–Trinajstić information content (AvgIpc) is 2.65. The van der Waals surface area contributed by atoms with Gasteiger partial charge >= 0.3 is 37.6 Å². The van der Waals surface area contributed by atoms with Crippen LogP contribution in [0.2, 0.25) is 0 Å². The van der Waals surface area contributed by atoms with Gasteiger partial charge in [0, 0.05) is 0 Å². The van der Waals surface area contributed by atoms with Crippen molar-refractivity contribution in [2.45, 2.75) is 22.4 Å². The Bertz CT molecular complexity index is 1140. The summed E-state index contributed by atoms with van der Waals surface area (Å²) in [5.74, 6) is -2.40. The van der Waals surface area contributed by atoms with E-state index in [2.05, 4.69) is 4.74 Å². The lowest BCUT2D eigenvalue weighted by atomic mass is 10.2. The molecule has 0 amide bonds. The maximum atomic E-state index is 13.5. The molecule has 0 aliphatic carbocycles. The van der Waals surface area contributed by atoms with Gasteiger partial charge in [-0.15, -0.1) is 0 Å². The zero-order valence-electron chi connectivity index (χ0n) is 14.8. The summed E-state index contributed by atoms with van der Waals surface area (Å²) in [4.78, 5) is 11.6. The predicted molar refractivity (Wildman–Crippen MR) is 92.5 cm³/mol. The molecule has 0 aliphatic rings. The fourth-order valence-corrected chi connectivity index (χ4v) is 3.45. The van der Waals surface area contributed by atoms with E-state index in [9.17, 15) is 43.6 Å². The lowest BCUT2D eigenvalue weighted by Crippen LogP contribution is -2.52. The maximum absolute atomic E-state index is 13.5. The zero-order valence-corrected chi connectivity index (χ0v) is 16.4. The number of esters is 1. The maximum Gasteiger partial charge on any atom is 0.432 e. The monoisotopic (exact) mass is 490 g/mol. The van der Waals surface area contributed by atoms with Gasteiger partial charge in [-0.1, -0.05) is 18.2 Å². The van der Waals surface area contributed by atoms with Crippen molar-refractivity contribution >= 4 is 26.2 Å². The summed E-state index contributed by atoms with van der Waals surface area (Å²) in [6, 6.07) is 9.82. The second kappa shape index (κ2) is 8.39. The summed E-state index contributed by atoms with van der Waals surface area (Å²) >= 11 is 0.